The lowest BCUT2D eigenvalue weighted by molar-refractivity contribution is -0.118. The number of hydrogen-bond acceptors (Lipinski definition) is 6. The van der Waals surface area contributed by atoms with Crippen LogP contribution in [0.2, 0.25) is 0 Å². The van der Waals surface area contributed by atoms with Crippen LogP contribution in [0.15, 0.2) is 32.4 Å². The highest BCUT2D eigenvalue weighted by Gasteiger charge is 2.25. The highest BCUT2D eigenvalue weighted by atomic mass is 16.3. The molecule has 0 fully saturated rings. The van der Waals surface area contributed by atoms with Gasteiger partial charge in [0.25, 0.3) is 5.56 Å². The van der Waals surface area contributed by atoms with Gasteiger partial charge in [-0.05, 0) is 44.4 Å². The number of carbonyl (C=O) groups is 1. The van der Waals surface area contributed by atoms with E-state index >= 15 is 0 Å². The molecule has 0 spiro atoms. The van der Waals surface area contributed by atoms with Crippen LogP contribution < -0.4 is 21.9 Å². The van der Waals surface area contributed by atoms with Crippen molar-refractivity contribution < 1.29 is 9.21 Å². The second kappa shape index (κ2) is 9.71. The molecule has 0 aliphatic rings. The number of aromatic amines is 1. The maximum absolute atomic E-state index is 13.3. The number of nitrogens with two attached hydrogens (primary N) is 1. The Balaban J connectivity index is 1.98. The lowest BCUT2D eigenvalue weighted by atomic mass is 10.1. The van der Waals surface area contributed by atoms with Gasteiger partial charge < -0.3 is 10.2 Å². The maximum atomic E-state index is 13.3. The van der Waals surface area contributed by atoms with E-state index in [1.54, 1.807) is 16.8 Å². The van der Waals surface area contributed by atoms with Gasteiger partial charge in [0.05, 0.1) is 18.5 Å². The number of rotatable bonds is 9. The number of H-pyrrole nitrogens is 1. The molecular formula is C22H30N6O4. The van der Waals surface area contributed by atoms with Gasteiger partial charge in [0.2, 0.25) is 5.91 Å². The molecule has 1 amide bonds. The summed E-state index contributed by atoms with van der Waals surface area (Å²) in [6.45, 7) is 6.22. The Hall–Kier alpha value is -3.56. The summed E-state index contributed by atoms with van der Waals surface area (Å²) < 4.78 is 8.49. The Morgan fingerprint density at radius 3 is 2.66 bits per heavy atom. The smallest absolute Gasteiger partial charge is 0.330 e. The summed E-state index contributed by atoms with van der Waals surface area (Å²) in [7, 11) is 1.86. The van der Waals surface area contributed by atoms with Crippen LogP contribution >= 0.6 is 0 Å². The van der Waals surface area contributed by atoms with Crippen molar-refractivity contribution in [1.82, 2.24) is 19.3 Å². The molecule has 0 radical (unpaired) electrons. The lowest BCUT2D eigenvalue weighted by Crippen LogP contribution is -2.41. The standard InChI is InChI=1S/C22H30N6O4/c1-5-6-11-27-20(23)19(21(30)24-22(27)31)28(13-16-8-7-12-32-16)18(29)10-9-17-14(2)25-26(4)15(17)3/h7-8,12H,5-6,9-11,13,23H2,1-4H3,(H,24,30,31). The van der Waals surface area contributed by atoms with Gasteiger partial charge in [-0.3, -0.25) is 28.7 Å². The number of nitrogens with one attached hydrogen (secondary N) is 1. The van der Waals surface area contributed by atoms with Crippen LogP contribution in [-0.2, 0) is 31.4 Å². The van der Waals surface area contributed by atoms with Gasteiger partial charge >= 0.3 is 5.69 Å². The second-order valence-electron chi connectivity index (χ2n) is 7.83. The number of unbranched alkanes of at least 4 members (excludes halogenated alkanes) is 1. The Morgan fingerprint density at radius 2 is 2.06 bits per heavy atom. The molecule has 0 saturated heterocycles. The van der Waals surface area contributed by atoms with Gasteiger partial charge in [-0.25, -0.2) is 4.79 Å². The summed E-state index contributed by atoms with van der Waals surface area (Å²) in [4.78, 5) is 42.0. The predicted octanol–water partition coefficient (Wildman–Crippen LogP) is 2.03. The Bertz CT molecular complexity index is 1200. The van der Waals surface area contributed by atoms with E-state index in [9.17, 15) is 14.4 Å². The fourth-order valence-corrected chi connectivity index (χ4v) is 3.77. The SMILES string of the molecule is CCCCn1c(N)c(N(Cc2ccco2)C(=O)CCc2c(C)nn(C)c2C)c(=O)[nH]c1=O. The number of nitrogen functional groups attached to an aromatic ring is 1. The van der Waals surface area contributed by atoms with Crippen molar-refractivity contribution >= 4 is 17.4 Å². The van der Waals surface area contributed by atoms with Gasteiger partial charge in [0, 0.05) is 25.7 Å². The number of aromatic nitrogens is 4. The van der Waals surface area contributed by atoms with Crippen LogP contribution in [0.25, 0.3) is 0 Å². The Kier molecular flexibility index (Phi) is 7.01. The molecule has 3 rings (SSSR count). The third-order valence-electron chi connectivity index (χ3n) is 5.66. The number of carbonyl (C=O) groups excluding carboxylic acids is 1. The van der Waals surface area contributed by atoms with Gasteiger partial charge in [0.1, 0.15) is 11.6 Å². The molecule has 3 aromatic heterocycles. The third kappa shape index (κ3) is 4.68. The first-order valence-corrected chi connectivity index (χ1v) is 10.7. The average Bonchev–Trinajstić information content (AvgIpc) is 3.33. The van der Waals surface area contributed by atoms with Crippen molar-refractivity contribution in [1.29, 1.82) is 0 Å². The van der Waals surface area contributed by atoms with Crippen LogP contribution in [0.5, 0.6) is 0 Å². The zero-order valence-corrected chi connectivity index (χ0v) is 19.0. The summed E-state index contributed by atoms with van der Waals surface area (Å²) in [6.07, 6.45) is 3.66. The first-order valence-electron chi connectivity index (χ1n) is 10.7. The van der Waals surface area contributed by atoms with Crippen molar-refractivity contribution in [2.75, 3.05) is 10.6 Å². The van der Waals surface area contributed by atoms with E-state index in [0.29, 0.717) is 25.1 Å². The average molecular weight is 443 g/mol. The van der Waals surface area contributed by atoms with E-state index in [-0.39, 0.29) is 30.4 Å². The van der Waals surface area contributed by atoms with Crippen LogP contribution in [0.3, 0.4) is 0 Å². The minimum Gasteiger partial charge on any atom is -0.467 e. The molecular weight excluding hydrogens is 412 g/mol. The largest absolute Gasteiger partial charge is 0.467 e. The molecule has 0 saturated carbocycles. The Morgan fingerprint density at radius 1 is 1.31 bits per heavy atom. The second-order valence-corrected chi connectivity index (χ2v) is 7.83. The van der Waals surface area contributed by atoms with E-state index in [2.05, 4.69) is 10.1 Å². The summed E-state index contributed by atoms with van der Waals surface area (Å²) in [6, 6.07) is 3.42. The quantitative estimate of drug-likeness (QED) is 0.521. The molecule has 0 aliphatic heterocycles. The first kappa shape index (κ1) is 23.1. The molecule has 172 valence electrons. The molecule has 32 heavy (non-hydrogen) atoms. The molecule has 0 bridgehead atoms. The van der Waals surface area contributed by atoms with Crippen molar-refractivity contribution in [2.24, 2.45) is 7.05 Å². The number of furan rings is 1. The molecule has 0 unspecified atom stereocenters. The number of nitrogens with zero attached hydrogens (tertiary/aromatic N) is 4. The summed E-state index contributed by atoms with van der Waals surface area (Å²) in [5, 5.41) is 4.39. The summed E-state index contributed by atoms with van der Waals surface area (Å²) in [5.41, 5.74) is 7.77. The molecule has 3 aromatic rings. The zero-order valence-electron chi connectivity index (χ0n) is 19.0. The third-order valence-corrected chi connectivity index (χ3v) is 5.66. The molecule has 10 heteroatoms. The van der Waals surface area contributed by atoms with Crippen LogP contribution in [0.1, 0.15) is 48.9 Å². The molecule has 10 nitrogen and oxygen atoms in total. The number of hydrogen-bond donors (Lipinski definition) is 2. The minimum atomic E-state index is -0.700. The van der Waals surface area contributed by atoms with Crippen molar-refractivity contribution in [2.45, 2.75) is 59.5 Å². The molecule has 3 N–H and O–H groups in total. The molecule has 0 aromatic carbocycles. The molecule has 0 atom stereocenters. The molecule has 0 aliphatic carbocycles. The monoisotopic (exact) mass is 442 g/mol. The van der Waals surface area contributed by atoms with Gasteiger partial charge in [0.15, 0.2) is 5.69 Å². The normalized spacial score (nSPS) is 11.1. The van der Waals surface area contributed by atoms with Crippen molar-refractivity contribution in [3.63, 3.8) is 0 Å². The maximum Gasteiger partial charge on any atom is 0.330 e. The van der Waals surface area contributed by atoms with Crippen molar-refractivity contribution in [3.8, 4) is 0 Å². The van der Waals surface area contributed by atoms with E-state index in [0.717, 1.165) is 23.4 Å². The lowest BCUT2D eigenvalue weighted by Gasteiger charge is -2.24. The van der Waals surface area contributed by atoms with E-state index in [4.69, 9.17) is 10.2 Å². The molecule has 3 heterocycles. The highest BCUT2D eigenvalue weighted by Crippen LogP contribution is 2.22. The van der Waals surface area contributed by atoms with Crippen LogP contribution in [0, 0.1) is 13.8 Å². The minimum absolute atomic E-state index is 0.0239. The summed E-state index contributed by atoms with van der Waals surface area (Å²) in [5.74, 6) is 0.167. The van der Waals surface area contributed by atoms with Gasteiger partial charge in [-0.2, -0.15) is 5.10 Å². The first-order chi connectivity index (χ1) is 15.2. The van der Waals surface area contributed by atoms with Crippen molar-refractivity contribution in [3.05, 3.63) is 61.9 Å². The fraction of sp³-hybridized carbons (Fsp3) is 0.455. The van der Waals surface area contributed by atoms with E-state index in [1.807, 2.05) is 27.8 Å². The number of anilines is 2. The fourth-order valence-electron chi connectivity index (χ4n) is 3.77. The van der Waals surface area contributed by atoms with E-state index in [1.165, 1.54) is 15.7 Å². The van der Waals surface area contributed by atoms with E-state index < -0.39 is 11.2 Å². The summed E-state index contributed by atoms with van der Waals surface area (Å²) >= 11 is 0. The Labute approximate surface area is 185 Å². The van der Waals surface area contributed by atoms with Crippen LogP contribution in [0.4, 0.5) is 11.5 Å². The van der Waals surface area contributed by atoms with Crippen LogP contribution in [-0.4, -0.2) is 25.2 Å². The van der Waals surface area contributed by atoms with Gasteiger partial charge in [-0.15, -0.1) is 0 Å². The topological polar surface area (TPSA) is 132 Å². The number of aryl methyl sites for hydroxylation is 2. The predicted molar refractivity (Wildman–Crippen MR) is 122 cm³/mol. The highest BCUT2D eigenvalue weighted by molar-refractivity contribution is 5.95. The zero-order chi connectivity index (χ0) is 23.4. The number of amides is 1. The van der Waals surface area contributed by atoms with Gasteiger partial charge in [-0.1, -0.05) is 13.3 Å².